The first-order valence-electron chi connectivity index (χ1n) is 39.3. The molecule has 608 valence electrons. The summed E-state index contributed by atoms with van der Waals surface area (Å²) < 4.78 is 25.8. The summed E-state index contributed by atoms with van der Waals surface area (Å²) in [7, 11) is 0. The number of carbonyl (C=O) groups is 9. The molecule has 15 rings (SSSR count). The van der Waals surface area contributed by atoms with Gasteiger partial charge in [0, 0.05) is 61.9 Å². The molecule has 6 heterocycles. The molecule has 14 atom stereocenters. The predicted octanol–water partition coefficient (Wildman–Crippen LogP) is 9.29. The van der Waals surface area contributed by atoms with E-state index >= 15 is 28.8 Å². The largest absolute Gasteiger partial charge is 0.508 e. The Morgan fingerprint density at radius 3 is 1.88 bits per heavy atom. The Morgan fingerprint density at radius 1 is 0.637 bits per heavy atom. The van der Waals surface area contributed by atoms with Gasteiger partial charge in [0.25, 0.3) is 0 Å². The number of aliphatic hydroxyl groups is 5. The molecule has 0 aromatic heterocycles. The molecule has 30 heteroatoms. The molecule has 15 bridgehead atoms. The number of Topliss-reactive ketones (excluding diaryl/α,β-unsaturated/α-hetero) is 3. The number of hydrogen-bond acceptors (Lipinski definition) is 22. The van der Waals surface area contributed by atoms with Crippen molar-refractivity contribution in [3.05, 3.63) is 117 Å². The maximum Gasteiger partial charge on any atom is 0.321 e. The maximum absolute atomic E-state index is 16.5. The number of hydrogen-bond donors (Lipinski definition) is 15. The molecule has 1 saturated heterocycles. The summed E-state index contributed by atoms with van der Waals surface area (Å²) in [4.78, 5) is 137. The highest BCUT2D eigenvalue weighted by atomic mass is 35.5. The van der Waals surface area contributed by atoms with Crippen LogP contribution in [0.3, 0.4) is 0 Å². The molecule has 7 amide bonds. The predicted molar refractivity (Wildman–Crippen MR) is 411 cm³/mol. The number of fused-ring (bicyclic) bond motifs is 15. The second-order valence-electron chi connectivity index (χ2n) is 32.0. The summed E-state index contributed by atoms with van der Waals surface area (Å²) in [6.07, 6.45) is -4.48. The van der Waals surface area contributed by atoms with E-state index in [-0.39, 0.29) is 97.1 Å². The minimum atomic E-state index is -2.18. The number of amides is 7. The normalized spacial score (nSPS) is 28.4. The second-order valence-corrected chi connectivity index (χ2v) is 32.8. The van der Waals surface area contributed by atoms with Gasteiger partial charge in [-0.05, 0) is 169 Å². The van der Waals surface area contributed by atoms with Gasteiger partial charge in [0.2, 0.25) is 41.6 Å². The van der Waals surface area contributed by atoms with Crippen molar-refractivity contribution in [3.8, 4) is 57.1 Å². The number of ketones is 3. The number of ether oxygens (including phenoxy) is 4. The number of phenolic OH excluding ortho intramolecular Hbond substituents is 3. The number of benzene rings is 5. The Kier molecular flexibility index (Phi) is 26.8. The van der Waals surface area contributed by atoms with Crippen LogP contribution in [0, 0.1) is 47.3 Å². The maximum atomic E-state index is 16.5. The third kappa shape index (κ3) is 18.9. The molecule has 4 aliphatic carbocycles. The standard InChI is InChI=1S/C83H101Cl2N7O21/c1-5-7-8-9-10-11-12-19-87-83(109)88-66(99)32-48-29-58(96)70(91-78(105)41(6-2)20-38(3)4)72(100)43-14-17-61(54(84)27-43)110-63-30-47-31-64(77(63)113-82-76(104)75(103)74(102)65(37-86)112-82)111-62-18-15-44(28-55(62)85)73(101)71-81(108)90-69(60(98)35-50-45-22-39-21-40(24-45)25-46(50)23-39)53-33-49(93)34-57(95)67(53)52-26-42(13-16-56(52)94)51(80(107)92-71)36-59(97)68(47)89-79(48)106/h13-18,26-28,30-31,33-34,38-41,45-46,48,50-51,65,68-76,82,93-95,100-104H,5-12,19-25,29,32,35-37,86H2,1-4H3,(H,89,106)(H,90,108)(H,91,105)(H,92,107)(H2,87,88,99,109)/t39?,40?,41-,45?,46?,48+,50?,51-,65-,68-,69+,70+,71+,72-,73-,74-,75+,76-,82+/m1/s1. The van der Waals surface area contributed by atoms with Crippen molar-refractivity contribution in [3.63, 3.8) is 0 Å². The molecule has 10 aliphatic rings. The van der Waals surface area contributed by atoms with Crippen molar-refractivity contribution in [2.75, 3.05) is 13.1 Å². The lowest BCUT2D eigenvalue weighted by molar-refractivity contribution is -0.270. The van der Waals surface area contributed by atoms with Gasteiger partial charge in [0.15, 0.2) is 28.8 Å². The molecule has 113 heavy (non-hydrogen) atoms. The fourth-order valence-electron chi connectivity index (χ4n) is 17.8. The molecule has 28 nitrogen and oxygen atoms in total. The Morgan fingerprint density at radius 2 is 1.27 bits per heavy atom. The van der Waals surface area contributed by atoms with Crippen LogP contribution >= 0.6 is 23.2 Å². The Bertz CT molecular complexity index is 4400. The number of urea groups is 1. The molecule has 0 radical (unpaired) electrons. The fraction of sp³-hybridized carbons (Fsp3) is 0.530. The van der Waals surface area contributed by atoms with E-state index in [9.17, 15) is 55.2 Å². The van der Waals surface area contributed by atoms with Gasteiger partial charge in [-0.2, -0.15) is 0 Å². The minimum Gasteiger partial charge on any atom is -0.508 e. The number of phenols is 3. The van der Waals surface area contributed by atoms with Gasteiger partial charge in [-0.15, -0.1) is 0 Å². The van der Waals surface area contributed by atoms with E-state index in [0.717, 1.165) is 101 Å². The summed E-state index contributed by atoms with van der Waals surface area (Å²) in [6, 6.07) is 6.56. The van der Waals surface area contributed by atoms with E-state index < -0.39 is 198 Å². The van der Waals surface area contributed by atoms with E-state index in [2.05, 4.69) is 38.8 Å². The summed E-state index contributed by atoms with van der Waals surface area (Å²) in [6.45, 7) is 7.38. The van der Waals surface area contributed by atoms with Crippen LogP contribution in [0.25, 0.3) is 11.1 Å². The molecule has 5 aromatic rings. The van der Waals surface area contributed by atoms with Crippen molar-refractivity contribution in [1.82, 2.24) is 31.9 Å². The zero-order chi connectivity index (χ0) is 81.0. The summed E-state index contributed by atoms with van der Waals surface area (Å²) >= 11 is 14.3. The van der Waals surface area contributed by atoms with E-state index in [1.807, 2.05) is 13.8 Å². The number of nitrogens with two attached hydrogens (primary N) is 1. The molecule has 16 N–H and O–H groups in total. The number of aromatic hydroxyl groups is 3. The molecule has 6 aliphatic heterocycles. The number of rotatable bonds is 21. The van der Waals surface area contributed by atoms with Gasteiger partial charge in [-0.3, -0.25) is 43.7 Å². The molecular weight excluding hydrogens is 1500 g/mol. The first-order valence-corrected chi connectivity index (χ1v) is 40.1. The molecule has 5 aromatic carbocycles. The Balaban J connectivity index is 1.03. The van der Waals surface area contributed by atoms with Crippen LogP contribution in [0.1, 0.15) is 201 Å². The van der Waals surface area contributed by atoms with Gasteiger partial charge in [0.05, 0.1) is 21.9 Å². The highest BCUT2D eigenvalue weighted by molar-refractivity contribution is 6.32. The highest BCUT2D eigenvalue weighted by Gasteiger charge is 2.51. The molecule has 4 saturated carbocycles. The third-order valence-electron chi connectivity index (χ3n) is 23.5. The van der Waals surface area contributed by atoms with E-state index in [1.165, 1.54) is 48.5 Å². The average molecular weight is 1600 g/mol. The van der Waals surface area contributed by atoms with Crippen LogP contribution in [0.5, 0.6) is 46.0 Å². The molecular formula is C83H101Cl2N7O21. The van der Waals surface area contributed by atoms with Crippen molar-refractivity contribution in [2.45, 2.75) is 216 Å². The highest BCUT2D eigenvalue weighted by Crippen LogP contribution is 2.58. The molecule has 0 unspecified atom stereocenters. The van der Waals surface area contributed by atoms with Gasteiger partial charge in [-0.1, -0.05) is 108 Å². The average Bonchev–Trinajstić information content (AvgIpc) is 0.760. The quantitative estimate of drug-likeness (QED) is 0.0304. The summed E-state index contributed by atoms with van der Waals surface area (Å²) in [5, 5.41) is 110. The van der Waals surface area contributed by atoms with E-state index in [4.69, 9.17) is 47.9 Å². The number of aliphatic hydroxyl groups excluding tert-OH is 5. The van der Waals surface area contributed by atoms with Gasteiger partial charge < -0.3 is 92.1 Å². The van der Waals surface area contributed by atoms with E-state index in [1.54, 1.807) is 6.92 Å². The lowest BCUT2D eigenvalue weighted by atomic mass is 9.51. The smallest absolute Gasteiger partial charge is 0.321 e. The lowest BCUT2D eigenvalue weighted by Gasteiger charge is -2.54. The number of imide groups is 1. The second kappa shape index (κ2) is 36.2. The molecule has 0 spiro atoms. The number of unbranched alkanes of at least 4 members (excludes halogenated alkanes) is 6. The zero-order valence-corrected chi connectivity index (χ0v) is 64.9. The first-order chi connectivity index (χ1) is 54.0. The molecule has 5 fully saturated rings. The van der Waals surface area contributed by atoms with Crippen LogP contribution < -0.4 is 51.8 Å². The van der Waals surface area contributed by atoms with Crippen molar-refractivity contribution in [1.29, 1.82) is 0 Å². The van der Waals surface area contributed by atoms with Gasteiger partial charge in [0.1, 0.15) is 89.5 Å². The minimum absolute atomic E-state index is 0.0187. The zero-order valence-electron chi connectivity index (χ0n) is 63.4. The van der Waals surface area contributed by atoms with Crippen LogP contribution in [-0.4, -0.2) is 150 Å². The number of nitrogens with one attached hydrogen (secondary N) is 6. The van der Waals surface area contributed by atoms with Gasteiger partial charge >= 0.3 is 6.03 Å². The van der Waals surface area contributed by atoms with Crippen molar-refractivity contribution < 1.29 is 103 Å². The Hall–Kier alpha value is -8.97. The number of carbonyl (C=O) groups excluding carboxylic acids is 9. The topological polar surface area (TPSA) is 451 Å². The Labute approximate surface area is 663 Å². The fourth-order valence-corrected chi connectivity index (χ4v) is 18.2. The van der Waals surface area contributed by atoms with Crippen molar-refractivity contribution in [2.24, 2.45) is 53.1 Å². The van der Waals surface area contributed by atoms with Gasteiger partial charge in [-0.25, -0.2) is 4.79 Å². The van der Waals surface area contributed by atoms with Crippen molar-refractivity contribution >= 4 is 76.1 Å². The summed E-state index contributed by atoms with van der Waals surface area (Å²) in [5.74, 6) is -15.3. The summed E-state index contributed by atoms with van der Waals surface area (Å²) in [5.41, 5.74) is 4.57. The van der Waals surface area contributed by atoms with Crippen LogP contribution in [0.2, 0.25) is 10.0 Å². The SMILES string of the molecule is CCCCCCCCCNC(=O)NC(=O)C[C@@H]1CC(=O)[C@H](NC(=O)[C@H](CC)CC(C)C)[C@H](O)c2ccc(c(Cl)c2)Oc2cc3cc(c2O[C@@H]2O[C@H](CN)[C@@H](O)[C@H](O)[C@H]2O)Oc2ccc(cc2Cl)[C@@H](O)[C@@H]2NC(=O)[C@H](CC(=O)[C@@H]3NC1=O)c1ccc(O)c(c1)-c1c(O)cc(O)cc1[C@@H](C(=O)CC1C3CC4CC(C3)CC1C4)NC2=O. The van der Waals surface area contributed by atoms with Crippen LogP contribution in [0.15, 0.2) is 78.9 Å². The first kappa shape index (κ1) is 83.5. The number of halogens is 2. The van der Waals surface area contributed by atoms with Crippen LogP contribution in [-0.2, 0) is 43.1 Å². The monoisotopic (exact) mass is 1600 g/mol. The third-order valence-corrected chi connectivity index (χ3v) is 24.1. The van der Waals surface area contributed by atoms with E-state index in [0.29, 0.717) is 31.1 Å². The van der Waals surface area contributed by atoms with Crippen LogP contribution in [0.4, 0.5) is 4.79 Å². The lowest BCUT2D eigenvalue weighted by Crippen LogP contribution is -2.60.